The maximum atomic E-state index is 12.4. The summed E-state index contributed by atoms with van der Waals surface area (Å²) in [6.45, 7) is 0. The molecule has 0 aliphatic heterocycles. The maximum absolute atomic E-state index is 12.4. The Labute approximate surface area is 104 Å². The molecule has 0 aliphatic carbocycles. The summed E-state index contributed by atoms with van der Waals surface area (Å²) in [4.78, 5) is 3.06. The van der Waals surface area contributed by atoms with Gasteiger partial charge < -0.3 is 4.74 Å². The van der Waals surface area contributed by atoms with Crippen molar-refractivity contribution in [1.82, 2.24) is 4.98 Å². The Hall–Kier alpha value is -2.07. The molecule has 7 heteroatoms. The molecule has 0 unspecified atom stereocenters. The Bertz CT molecular complexity index is 601. The van der Waals surface area contributed by atoms with Crippen molar-refractivity contribution in [3.63, 3.8) is 0 Å². The maximum Gasteiger partial charge on any atom is 0.425 e. The number of pyridine rings is 1. The van der Waals surface area contributed by atoms with E-state index in [0.717, 1.165) is 6.07 Å². The highest BCUT2D eigenvalue weighted by Crippen LogP contribution is 2.37. The number of aromatic nitrogens is 1. The van der Waals surface area contributed by atoms with E-state index in [2.05, 4.69) is 4.98 Å². The van der Waals surface area contributed by atoms with Crippen LogP contribution in [0.3, 0.4) is 0 Å². The molecule has 2 aromatic heterocycles. The predicted molar refractivity (Wildman–Crippen MR) is 58.3 cm³/mol. The minimum Gasteiger partial charge on any atom is -0.438 e. The van der Waals surface area contributed by atoms with E-state index in [-0.39, 0.29) is 17.3 Å². The SMILES string of the molecule is N#Cc1cccc(Oc2csc(C(F)(F)F)c2)n1. The molecule has 0 fully saturated rings. The van der Waals surface area contributed by atoms with Crippen LogP contribution in [0.1, 0.15) is 10.6 Å². The molecule has 0 N–H and O–H groups in total. The molecule has 0 saturated heterocycles. The number of nitrogens with zero attached hydrogens (tertiary/aromatic N) is 2. The van der Waals surface area contributed by atoms with Crippen molar-refractivity contribution in [2.75, 3.05) is 0 Å². The van der Waals surface area contributed by atoms with E-state index >= 15 is 0 Å². The van der Waals surface area contributed by atoms with Crippen molar-refractivity contribution in [3.8, 4) is 17.7 Å². The first-order valence-corrected chi connectivity index (χ1v) is 5.58. The van der Waals surface area contributed by atoms with Crippen LogP contribution in [0, 0.1) is 11.3 Å². The normalized spacial score (nSPS) is 11.0. The second-order valence-corrected chi connectivity index (χ2v) is 4.13. The van der Waals surface area contributed by atoms with Crippen LogP contribution in [0.4, 0.5) is 13.2 Å². The second-order valence-electron chi connectivity index (χ2n) is 3.22. The van der Waals surface area contributed by atoms with Crippen LogP contribution >= 0.6 is 11.3 Å². The number of halogens is 3. The van der Waals surface area contributed by atoms with Crippen LogP contribution in [0.25, 0.3) is 0 Å². The van der Waals surface area contributed by atoms with E-state index in [9.17, 15) is 13.2 Å². The average molecular weight is 270 g/mol. The van der Waals surface area contributed by atoms with E-state index in [0.29, 0.717) is 11.3 Å². The molecule has 18 heavy (non-hydrogen) atoms. The summed E-state index contributed by atoms with van der Waals surface area (Å²) in [5, 5.41) is 9.86. The van der Waals surface area contributed by atoms with Gasteiger partial charge in [-0.15, -0.1) is 11.3 Å². The smallest absolute Gasteiger partial charge is 0.425 e. The fourth-order valence-electron chi connectivity index (χ4n) is 1.18. The first kappa shape index (κ1) is 12.4. The molecule has 0 radical (unpaired) electrons. The third kappa shape index (κ3) is 2.78. The van der Waals surface area contributed by atoms with Gasteiger partial charge in [-0.3, -0.25) is 0 Å². The molecule has 0 bridgehead atoms. The van der Waals surface area contributed by atoms with Gasteiger partial charge in [-0.1, -0.05) is 6.07 Å². The van der Waals surface area contributed by atoms with E-state index in [1.807, 2.05) is 6.07 Å². The van der Waals surface area contributed by atoms with E-state index in [1.165, 1.54) is 23.6 Å². The molecule has 0 amide bonds. The molecule has 3 nitrogen and oxygen atoms in total. The first-order chi connectivity index (χ1) is 8.49. The van der Waals surface area contributed by atoms with Crippen LogP contribution in [0.2, 0.25) is 0 Å². The van der Waals surface area contributed by atoms with Crippen LogP contribution in [0.15, 0.2) is 29.6 Å². The zero-order valence-corrected chi connectivity index (χ0v) is 9.55. The molecule has 0 aliphatic rings. The van der Waals surface area contributed by atoms with Gasteiger partial charge in [0.15, 0.2) is 0 Å². The van der Waals surface area contributed by atoms with Crippen molar-refractivity contribution in [3.05, 3.63) is 40.2 Å². The number of rotatable bonds is 2. The second kappa shape index (κ2) is 4.66. The number of nitriles is 1. The van der Waals surface area contributed by atoms with Crippen molar-refractivity contribution in [1.29, 1.82) is 5.26 Å². The van der Waals surface area contributed by atoms with Crippen molar-refractivity contribution in [2.24, 2.45) is 0 Å². The van der Waals surface area contributed by atoms with Crippen molar-refractivity contribution >= 4 is 11.3 Å². The lowest BCUT2D eigenvalue weighted by Gasteiger charge is -2.02. The standard InChI is InChI=1S/C11H5F3N2OS/c12-11(13,14)9-4-8(6-18-9)17-10-3-1-2-7(5-15)16-10/h1-4,6H. The number of hydrogen-bond donors (Lipinski definition) is 0. The quantitative estimate of drug-likeness (QED) is 0.833. The van der Waals surface area contributed by atoms with Gasteiger partial charge in [-0.25, -0.2) is 4.98 Å². The third-order valence-corrected chi connectivity index (χ3v) is 2.87. The predicted octanol–water partition coefficient (Wildman–Crippen LogP) is 3.83. The highest BCUT2D eigenvalue weighted by atomic mass is 32.1. The molecular formula is C11H5F3N2OS. The summed E-state index contributed by atoms with van der Waals surface area (Å²) < 4.78 is 42.2. The van der Waals surface area contributed by atoms with Crippen LogP contribution in [-0.4, -0.2) is 4.98 Å². The lowest BCUT2D eigenvalue weighted by Crippen LogP contribution is -2.00. The topological polar surface area (TPSA) is 45.9 Å². The Balaban J connectivity index is 2.19. The largest absolute Gasteiger partial charge is 0.438 e. The summed E-state index contributed by atoms with van der Waals surface area (Å²) in [6.07, 6.45) is -4.38. The number of thiophene rings is 1. The van der Waals surface area contributed by atoms with Gasteiger partial charge in [0.1, 0.15) is 22.4 Å². The molecule has 0 atom stereocenters. The zero-order valence-electron chi connectivity index (χ0n) is 8.73. The highest BCUT2D eigenvalue weighted by molar-refractivity contribution is 7.10. The van der Waals surface area contributed by atoms with Gasteiger partial charge in [0.05, 0.1) is 0 Å². The van der Waals surface area contributed by atoms with Gasteiger partial charge >= 0.3 is 6.18 Å². The summed E-state index contributed by atoms with van der Waals surface area (Å²) in [5.41, 5.74) is 0.138. The molecule has 0 saturated carbocycles. The Morgan fingerprint density at radius 2 is 2.11 bits per heavy atom. The molecule has 0 spiro atoms. The summed E-state index contributed by atoms with van der Waals surface area (Å²) in [7, 11) is 0. The Morgan fingerprint density at radius 1 is 1.33 bits per heavy atom. The van der Waals surface area contributed by atoms with Gasteiger partial charge in [-0.2, -0.15) is 18.4 Å². The summed E-state index contributed by atoms with van der Waals surface area (Å²) in [6, 6.07) is 7.19. The average Bonchev–Trinajstić information content (AvgIpc) is 2.77. The van der Waals surface area contributed by atoms with Gasteiger partial charge in [0.25, 0.3) is 0 Å². The Kier molecular flexibility index (Phi) is 3.21. The highest BCUT2D eigenvalue weighted by Gasteiger charge is 2.32. The number of alkyl halides is 3. The third-order valence-electron chi connectivity index (χ3n) is 1.92. The molecule has 2 aromatic rings. The van der Waals surface area contributed by atoms with Crippen LogP contribution < -0.4 is 4.74 Å². The van der Waals surface area contributed by atoms with Gasteiger partial charge in [-0.05, 0) is 6.07 Å². The fraction of sp³-hybridized carbons (Fsp3) is 0.0909. The molecule has 2 rings (SSSR count). The zero-order chi connectivity index (χ0) is 13.2. The molecular weight excluding hydrogens is 265 g/mol. The van der Waals surface area contributed by atoms with Gasteiger partial charge in [0, 0.05) is 17.5 Å². The minimum atomic E-state index is -4.38. The minimum absolute atomic E-state index is 0.0508. The van der Waals surface area contributed by atoms with Crippen LogP contribution in [0.5, 0.6) is 11.6 Å². The summed E-state index contributed by atoms with van der Waals surface area (Å²) in [5.74, 6) is 0.135. The molecule has 0 aromatic carbocycles. The molecule has 2 heterocycles. The van der Waals surface area contributed by atoms with Gasteiger partial charge in [0.2, 0.25) is 5.88 Å². The van der Waals surface area contributed by atoms with Crippen molar-refractivity contribution < 1.29 is 17.9 Å². The lowest BCUT2D eigenvalue weighted by atomic mass is 10.4. The lowest BCUT2D eigenvalue weighted by molar-refractivity contribution is -0.134. The Morgan fingerprint density at radius 3 is 2.72 bits per heavy atom. The van der Waals surface area contributed by atoms with Crippen LogP contribution in [-0.2, 0) is 6.18 Å². The molecule has 92 valence electrons. The van der Waals surface area contributed by atoms with E-state index in [4.69, 9.17) is 10.00 Å². The summed E-state index contributed by atoms with van der Waals surface area (Å²) >= 11 is 0.543. The first-order valence-electron chi connectivity index (χ1n) is 4.70. The monoisotopic (exact) mass is 270 g/mol. The number of hydrogen-bond acceptors (Lipinski definition) is 4. The van der Waals surface area contributed by atoms with E-state index < -0.39 is 11.1 Å². The van der Waals surface area contributed by atoms with Crippen molar-refractivity contribution in [2.45, 2.75) is 6.18 Å². The number of ether oxygens (including phenoxy) is 1. The fourth-order valence-corrected chi connectivity index (χ4v) is 1.85. The van der Waals surface area contributed by atoms with E-state index in [1.54, 1.807) is 0 Å².